The largest absolute Gasteiger partial charge is 0.480 e. The Morgan fingerprint density at radius 2 is 1.96 bits per heavy atom. The summed E-state index contributed by atoms with van der Waals surface area (Å²) >= 11 is 1.08. The van der Waals surface area contributed by atoms with Gasteiger partial charge < -0.3 is 10.4 Å². The molecule has 23 heavy (non-hydrogen) atoms. The minimum atomic E-state index is -1.13. The van der Waals surface area contributed by atoms with Crippen LogP contribution in [0.3, 0.4) is 0 Å². The molecule has 0 fully saturated rings. The van der Waals surface area contributed by atoms with Gasteiger partial charge in [0.05, 0.1) is 0 Å². The number of hydrogen-bond donors (Lipinski definition) is 2. The fourth-order valence-corrected chi connectivity index (χ4v) is 2.67. The van der Waals surface area contributed by atoms with Crippen LogP contribution in [0.15, 0.2) is 23.6 Å². The molecular formula is C15H14F2N2O3S. The van der Waals surface area contributed by atoms with Crippen molar-refractivity contribution in [3.63, 3.8) is 0 Å². The van der Waals surface area contributed by atoms with Gasteiger partial charge in [0.2, 0.25) is 0 Å². The molecule has 0 radical (unpaired) electrons. The number of carboxylic acid groups (broad SMARTS) is 1. The van der Waals surface area contributed by atoms with E-state index >= 15 is 0 Å². The van der Waals surface area contributed by atoms with Crippen molar-refractivity contribution in [3.05, 3.63) is 40.9 Å². The molecule has 122 valence electrons. The summed E-state index contributed by atoms with van der Waals surface area (Å²) in [6, 6.07) is 2.29. The van der Waals surface area contributed by atoms with E-state index in [-0.39, 0.29) is 11.6 Å². The first-order chi connectivity index (χ1) is 10.8. The first-order valence-corrected chi connectivity index (χ1v) is 7.62. The summed E-state index contributed by atoms with van der Waals surface area (Å²) in [6.07, 6.45) is 0. The lowest BCUT2D eigenvalue weighted by atomic mass is 10.0. The van der Waals surface area contributed by atoms with E-state index in [4.69, 9.17) is 5.11 Å². The molecule has 8 heteroatoms. The molecule has 1 heterocycles. The van der Waals surface area contributed by atoms with Crippen LogP contribution >= 0.6 is 11.3 Å². The molecular weight excluding hydrogens is 326 g/mol. The predicted octanol–water partition coefficient (Wildman–Crippen LogP) is 2.93. The second-order valence-electron chi connectivity index (χ2n) is 5.20. The third kappa shape index (κ3) is 3.89. The standard InChI is InChI=1S/C15H14F2N2O3S/c1-7(2)12(15(21)22)19-13(20)11-6-23-14(18-11)8-3-4-9(16)10(17)5-8/h3-7,12H,1-2H3,(H,19,20)(H,21,22)/t12-/m0/s1. The summed E-state index contributed by atoms with van der Waals surface area (Å²) in [5.74, 6) is -4.03. The van der Waals surface area contributed by atoms with E-state index < -0.39 is 29.6 Å². The highest BCUT2D eigenvalue weighted by atomic mass is 32.1. The molecule has 1 aromatic carbocycles. The highest BCUT2D eigenvalue weighted by molar-refractivity contribution is 7.13. The molecule has 0 bridgehead atoms. The summed E-state index contributed by atoms with van der Waals surface area (Å²) in [5, 5.41) is 13.2. The fourth-order valence-electron chi connectivity index (χ4n) is 1.87. The smallest absolute Gasteiger partial charge is 0.326 e. The third-order valence-electron chi connectivity index (χ3n) is 3.12. The van der Waals surface area contributed by atoms with Crippen LogP contribution in [-0.4, -0.2) is 28.0 Å². The topological polar surface area (TPSA) is 79.3 Å². The van der Waals surface area contributed by atoms with E-state index in [0.717, 1.165) is 23.5 Å². The maximum absolute atomic E-state index is 13.2. The molecule has 0 unspecified atom stereocenters. The number of halogens is 2. The van der Waals surface area contributed by atoms with E-state index in [1.165, 1.54) is 11.4 Å². The Kier molecular flexibility index (Phi) is 5.05. The summed E-state index contributed by atoms with van der Waals surface area (Å²) in [5.41, 5.74) is 0.369. The fraction of sp³-hybridized carbons (Fsp3) is 0.267. The Morgan fingerprint density at radius 1 is 1.26 bits per heavy atom. The average molecular weight is 340 g/mol. The zero-order valence-corrected chi connectivity index (χ0v) is 13.2. The number of aromatic nitrogens is 1. The van der Waals surface area contributed by atoms with Crippen LogP contribution in [-0.2, 0) is 4.79 Å². The Balaban J connectivity index is 2.19. The van der Waals surface area contributed by atoms with Gasteiger partial charge in [0.25, 0.3) is 5.91 Å². The second kappa shape index (κ2) is 6.82. The molecule has 0 aliphatic carbocycles. The van der Waals surface area contributed by atoms with Crippen LogP contribution < -0.4 is 5.32 Å². The van der Waals surface area contributed by atoms with Crippen molar-refractivity contribution in [3.8, 4) is 10.6 Å². The van der Waals surface area contributed by atoms with Crippen molar-refractivity contribution < 1.29 is 23.5 Å². The molecule has 2 rings (SSSR count). The summed E-state index contributed by atoms with van der Waals surface area (Å²) in [6.45, 7) is 3.35. The molecule has 1 aromatic heterocycles. The van der Waals surface area contributed by atoms with Crippen molar-refractivity contribution in [1.29, 1.82) is 0 Å². The molecule has 1 amide bonds. The third-order valence-corrected chi connectivity index (χ3v) is 4.01. The number of thiazole rings is 1. The van der Waals surface area contributed by atoms with Crippen LogP contribution in [0.4, 0.5) is 8.78 Å². The van der Waals surface area contributed by atoms with E-state index in [9.17, 15) is 18.4 Å². The lowest BCUT2D eigenvalue weighted by Crippen LogP contribution is -2.44. The van der Waals surface area contributed by atoms with Gasteiger partial charge in [-0.05, 0) is 24.1 Å². The van der Waals surface area contributed by atoms with Gasteiger partial charge >= 0.3 is 5.97 Å². The number of carbonyl (C=O) groups excluding carboxylic acids is 1. The lowest BCUT2D eigenvalue weighted by molar-refractivity contribution is -0.140. The number of nitrogens with one attached hydrogen (secondary N) is 1. The van der Waals surface area contributed by atoms with Crippen LogP contribution in [0.5, 0.6) is 0 Å². The van der Waals surface area contributed by atoms with E-state index in [1.54, 1.807) is 13.8 Å². The predicted molar refractivity (Wildman–Crippen MR) is 81.2 cm³/mol. The Morgan fingerprint density at radius 3 is 2.52 bits per heavy atom. The van der Waals surface area contributed by atoms with Gasteiger partial charge in [-0.3, -0.25) is 4.79 Å². The Labute approximate surface area is 135 Å². The van der Waals surface area contributed by atoms with Gasteiger partial charge in [-0.1, -0.05) is 13.8 Å². The lowest BCUT2D eigenvalue weighted by Gasteiger charge is -2.16. The maximum Gasteiger partial charge on any atom is 0.326 e. The number of carboxylic acids is 1. The van der Waals surface area contributed by atoms with Gasteiger partial charge in [0, 0.05) is 10.9 Å². The van der Waals surface area contributed by atoms with Crippen molar-refractivity contribution in [2.45, 2.75) is 19.9 Å². The van der Waals surface area contributed by atoms with Gasteiger partial charge in [-0.25, -0.2) is 18.6 Å². The van der Waals surface area contributed by atoms with Gasteiger partial charge in [0.1, 0.15) is 16.7 Å². The molecule has 0 aliphatic heterocycles. The zero-order chi connectivity index (χ0) is 17.1. The number of amides is 1. The van der Waals surface area contributed by atoms with Crippen LogP contribution in [0.2, 0.25) is 0 Å². The first kappa shape index (κ1) is 17.0. The number of carbonyl (C=O) groups is 2. The number of rotatable bonds is 5. The van der Waals surface area contributed by atoms with E-state index in [0.29, 0.717) is 10.6 Å². The number of hydrogen-bond acceptors (Lipinski definition) is 4. The molecule has 5 nitrogen and oxygen atoms in total. The van der Waals surface area contributed by atoms with Crippen molar-refractivity contribution in [1.82, 2.24) is 10.3 Å². The zero-order valence-electron chi connectivity index (χ0n) is 12.3. The minimum Gasteiger partial charge on any atom is -0.480 e. The summed E-state index contributed by atoms with van der Waals surface area (Å²) < 4.78 is 26.2. The molecule has 2 N–H and O–H groups in total. The van der Waals surface area contributed by atoms with Gasteiger partial charge in [-0.2, -0.15) is 0 Å². The van der Waals surface area contributed by atoms with Gasteiger partial charge in [0.15, 0.2) is 11.6 Å². The van der Waals surface area contributed by atoms with Crippen molar-refractivity contribution in [2.24, 2.45) is 5.92 Å². The van der Waals surface area contributed by atoms with Crippen LogP contribution in [0, 0.1) is 17.6 Å². The monoisotopic (exact) mass is 340 g/mol. The van der Waals surface area contributed by atoms with Crippen LogP contribution in [0.1, 0.15) is 24.3 Å². The molecule has 0 aliphatic rings. The molecule has 2 aromatic rings. The summed E-state index contributed by atoms with van der Waals surface area (Å²) in [7, 11) is 0. The number of benzene rings is 1. The van der Waals surface area contributed by atoms with Crippen molar-refractivity contribution in [2.75, 3.05) is 0 Å². The minimum absolute atomic E-state index is 0.0293. The Hall–Kier alpha value is -2.35. The quantitative estimate of drug-likeness (QED) is 0.877. The molecule has 1 atom stereocenters. The first-order valence-electron chi connectivity index (χ1n) is 6.74. The maximum atomic E-state index is 13.2. The van der Waals surface area contributed by atoms with E-state index in [2.05, 4.69) is 10.3 Å². The van der Waals surface area contributed by atoms with Crippen LogP contribution in [0.25, 0.3) is 10.6 Å². The molecule has 0 saturated heterocycles. The Bertz CT molecular complexity index is 746. The number of nitrogens with zero attached hydrogens (tertiary/aromatic N) is 1. The van der Waals surface area contributed by atoms with Gasteiger partial charge in [-0.15, -0.1) is 11.3 Å². The van der Waals surface area contributed by atoms with Crippen molar-refractivity contribution >= 4 is 23.2 Å². The number of aliphatic carboxylic acids is 1. The summed E-state index contributed by atoms with van der Waals surface area (Å²) in [4.78, 5) is 27.2. The highest BCUT2D eigenvalue weighted by Gasteiger charge is 2.25. The van der Waals surface area contributed by atoms with E-state index in [1.807, 2.05) is 0 Å². The second-order valence-corrected chi connectivity index (χ2v) is 6.06. The normalized spacial score (nSPS) is 12.2. The molecule has 0 saturated carbocycles. The average Bonchev–Trinajstić information content (AvgIpc) is 2.96. The SMILES string of the molecule is CC(C)[C@H](NC(=O)c1csc(-c2ccc(F)c(F)c2)n1)C(=O)O. The highest BCUT2D eigenvalue weighted by Crippen LogP contribution is 2.25. The molecule has 0 spiro atoms.